The molecule has 0 saturated carbocycles. The van der Waals surface area contributed by atoms with Gasteiger partial charge in [0, 0.05) is 35.6 Å². The minimum atomic E-state index is 0. The van der Waals surface area contributed by atoms with E-state index < -0.39 is 0 Å². The summed E-state index contributed by atoms with van der Waals surface area (Å²) in [5.41, 5.74) is 0. The van der Waals surface area contributed by atoms with E-state index in [-0.39, 0.29) is 35.6 Å². The predicted octanol–water partition coefficient (Wildman–Crippen LogP) is 3.04. The summed E-state index contributed by atoms with van der Waals surface area (Å²) in [6.45, 7) is 8.42. The van der Waals surface area contributed by atoms with Crippen molar-refractivity contribution in [1.82, 2.24) is 0 Å². The molecule has 0 heterocycles. The van der Waals surface area contributed by atoms with Gasteiger partial charge in [-0.15, -0.1) is 0 Å². The van der Waals surface area contributed by atoms with Crippen LogP contribution in [0.25, 0.3) is 0 Å². The largest absolute Gasteiger partial charge is 0.0654 e. The van der Waals surface area contributed by atoms with Crippen molar-refractivity contribution in [3.8, 4) is 0 Å². The van der Waals surface area contributed by atoms with Gasteiger partial charge in [-0.1, -0.05) is 46.5 Å². The van der Waals surface area contributed by atoms with Crippen molar-refractivity contribution in [2.24, 2.45) is 5.92 Å². The van der Waals surface area contributed by atoms with Crippen molar-refractivity contribution >= 4 is 0 Å². The van der Waals surface area contributed by atoms with Gasteiger partial charge in [0.2, 0.25) is 0 Å². The number of hydrogen-bond donors (Lipinski definition) is 0. The molecule has 0 aromatic heterocycles. The van der Waals surface area contributed by atoms with E-state index in [1.807, 2.05) is 0 Å². The summed E-state index contributed by atoms with van der Waals surface area (Å²) in [4.78, 5) is 0. The van der Waals surface area contributed by atoms with Crippen LogP contribution in [0.15, 0.2) is 0 Å². The van der Waals surface area contributed by atoms with Gasteiger partial charge in [-0.3, -0.25) is 0 Å². The molecule has 1 atom stereocenters. The van der Waals surface area contributed by atoms with Crippen LogP contribution in [0.4, 0.5) is 0 Å². The maximum Gasteiger partial charge on any atom is 0 e. The molecule has 0 aromatic carbocycles. The van der Waals surface area contributed by atoms with Crippen LogP contribution in [0.1, 0.15) is 39.5 Å². The molecular weight excluding hydrogens is 235 g/mol. The van der Waals surface area contributed by atoms with Gasteiger partial charge in [0.15, 0.2) is 0 Å². The Labute approximate surface area is 87.4 Å². The first-order valence-corrected chi connectivity index (χ1v) is 3.64. The zero-order valence-corrected chi connectivity index (χ0v) is 10.3. The second-order valence-electron chi connectivity index (χ2n) is 2.42. The molecule has 0 N–H and O–H groups in total. The van der Waals surface area contributed by atoms with Crippen molar-refractivity contribution in [3.63, 3.8) is 0 Å². The molecule has 9 heavy (non-hydrogen) atoms. The fourth-order valence-electron chi connectivity index (χ4n) is 0.697. The van der Waals surface area contributed by atoms with E-state index in [9.17, 15) is 0 Å². The average molecular weight is 252 g/mol. The third kappa shape index (κ3) is 9.19. The summed E-state index contributed by atoms with van der Waals surface area (Å²) in [5.74, 6) is 0.704. The van der Waals surface area contributed by atoms with E-state index in [0.717, 1.165) is 0 Å². The average Bonchev–Trinajstić information content (AvgIpc) is 1.83. The summed E-state index contributed by atoms with van der Waals surface area (Å²) >= 11 is 0. The Bertz CT molecular complexity index is 43.8. The molecule has 2 radical (unpaired) electrons. The van der Waals surface area contributed by atoms with E-state index in [4.69, 9.17) is 0 Å². The molecule has 0 rings (SSSR count). The molecule has 0 bridgehead atoms. The fraction of sp³-hybridized carbons (Fsp3) is 0.875. The number of rotatable bonds is 4. The molecule has 1 unspecified atom stereocenters. The van der Waals surface area contributed by atoms with Crippen molar-refractivity contribution in [1.29, 1.82) is 0 Å². The standard InChI is InChI=1S/C8H17.La/c1-4-6-7-8(3)5-2;/h8H,3-7H2,1-2H3;. The molecule has 0 aromatic rings. The monoisotopic (exact) mass is 252 g/mol. The minimum Gasteiger partial charge on any atom is -0.0654 e. The first kappa shape index (κ1) is 12.8. The van der Waals surface area contributed by atoms with Gasteiger partial charge in [-0.2, -0.15) is 0 Å². The molecule has 0 saturated heterocycles. The van der Waals surface area contributed by atoms with Crippen molar-refractivity contribution < 1.29 is 35.6 Å². The van der Waals surface area contributed by atoms with Crippen LogP contribution in [0.2, 0.25) is 0 Å². The Morgan fingerprint density at radius 1 is 1.33 bits per heavy atom. The fourth-order valence-corrected chi connectivity index (χ4v) is 0.697. The zero-order valence-electron chi connectivity index (χ0n) is 6.69. The second-order valence-corrected chi connectivity index (χ2v) is 2.42. The van der Waals surface area contributed by atoms with Crippen LogP contribution in [0.3, 0.4) is 0 Å². The molecule has 0 fully saturated rings. The summed E-state index contributed by atoms with van der Waals surface area (Å²) in [5, 5.41) is 0. The third-order valence-corrected chi connectivity index (χ3v) is 1.54. The van der Waals surface area contributed by atoms with Gasteiger partial charge >= 0.3 is 0 Å². The maximum absolute atomic E-state index is 3.99. The first-order chi connectivity index (χ1) is 3.81. The number of unbranched alkanes of at least 4 members (excludes halogenated alkanes) is 1. The van der Waals surface area contributed by atoms with Crippen molar-refractivity contribution in [2.75, 3.05) is 0 Å². The maximum atomic E-state index is 3.99. The van der Waals surface area contributed by atoms with Crippen LogP contribution >= 0.6 is 0 Å². The molecule has 0 amide bonds. The Morgan fingerprint density at radius 3 is 2.22 bits per heavy atom. The topological polar surface area (TPSA) is 0 Å². The molecule has 52 valence electrons. The van der Waals surface area contributed by atoms with Crippen LogP contribution < -0.4 is 0 Å². The molecule has 0 aliphatic rings. The Hall–Kier alpha value is 1.19. The summed E-state index contributed by atoms with van der Waals surface area (Å²) < 4.78 is 0. The quantitative estimate of drug-likeness (QED) is 0.721. The smallest absolute Gasteiger partial charge is 0 e. The summed E-state index contributed by atoms with van der Waals surface area (Å²) in [7, 11) is 0. The molecule has 0 nitrogen and oxygen atoms in total. The van der Waals surface area contributed by atoms with Crippen molar-refractivity contribution in [2.45, 2.75) is 39.5 Å². The Morgan fingerprint density at radius 2 is 1.89 bits per heavy atom. The van der Waals surface area contributed by atoms with Crippen LogP contribution in [0.5, 0.6) is 0 Å². The normalized spacial score (nSPS) is 12.3. The number of hydrogen-bond acceptors (Lipinski definition) is 0. The van der Waals surface area contributed by atoms with Gasteiger partial charge < -0.3 is 0 Å². The molecular formula is C8H17La. The van der Waals surface area contributed by atoms with Crippen molar-refractivity contribution in [3.05, 3.63) is 6.92 Å². The van der Waals surface area contributed by atoms with Gasteiger partial charge in [0.25, 0.3) is 0 Å². The van der Waals surface area contributed by atoms with Crippen LogP contribution in [-0.2, 0) is 0 Å². The van der Waals surface area contributed by atoms with Gasteiger partial charge in [0.1, 0.15) is 0 Å². The Balaban J connectivity index is 0. The first-order valence-electron chi connectivity index (χ1n) is 3.64. The molecule has 0 spiro atoms. The predicted molar refractivity (Wildman–Crippen MR) is 38.7 cm³/mol. The van der Waals surface area contributed by atoms with E-state index in [1.165, 1.54) is 25.7 Å². The minimum absolute atomic E-state index is 0. The molecule has 0 aliphatic carbocycles. The van der Waals surface area contributed by atoms with Gasteiger partial charge in [0.05, 0.1) is 0 Å². The second kappa shape index (κ2) is 9.19. The summed E-state index contributed by atoms with van der Waals surface area (Å²) in [6, 6.07) is 0. The van der Waals surface area contributed by atoms with Gasteiger partial charge in [-0.05, 0) is 5.92 Å². The van der Waals surface area contributed by atoms with E-state index in [2.05, 4.69) is 20.8 Å². The SMILES string of the molecule is [CH2]C(CC)CCCC.[La]. The van der Waals surface area contributed by atoms with E-state index in [0.29, 0.717) is 5.92 Å². The molecule has 1 heteroatoms. The molecule has 0 aliphatic heterocycles. The zero-order chi connectivity index (χ0) is 6.41. The third-order valence-electron chi connectivity index (χ3n) is 1.54. The Kier molecular flexibility index (Phi) is 13.1. The summed E-state index contributed by atoms with van der Waals surface area (Å²) in [6.07, 6.45) is 5.21. The van der Waals surface area contributed by atoms with E-state index >= 15 is 0 Å². The van der Waals surface area contributed by atoms with Gasteiger partial charge in [-0.25, -0.2) is 0 Å². The van der Waals surface area contributed by atoms with Crippen LogP contribution in [-0.4, -0.2) is 0 Å². The van der Waals surface area contributed by atoms with E-state index in [1.54, 1.807) is 0 Å². The van der Waals surface area contributed by atoms with Crippen LogP contribution in [0, 0.1) is 48.4 Å².